The monoisotopic (exact) mass is 1060 g/mol. The number of fused-ring (bicyclic) bond motifs is 16. The van der Waals surface area contributed by atoms with Gasteiger partial charge in [-0.05, 0) is 161 Å². The van der Waals surface area contributed by atoms with Gasteiger partial charge in [-0.2, -0.15) is 0 Å². The van der Waals surface area contributed by atoms with Crippen molar-refractivity contribution in [1.82, 2.24) is 0 Å². The van der Waals surface area contributed by atoms with Gasteiger partial charge in [-0.1, -0.05) is 208 Å². The molecule has 83 heavy (non-hydrogen) atoms. The Hall–Kier alpha value is -10.7. The van der Waals surface area contributed by atoms with Gasteiger partial charge >= 0.3 is 0 Å². The van der Waals surface area contributed by atoms with Gasteiger partial charge in [0.05, 0.1) is 11.4 Å². The quantitative estimate of drug-likeness (QED) is 0.152. The van der Waals surface area contributed by atoms with E-state index in [9.17, 15) is 0 Å². The maximum Gasteiger partial charge on any atom is 0.159 e. The van der Waals surface area contributed by atoms with Crippen LogP contribution in [0.5, 0.6) is 0 Å². The molecule has 2 aromatic heterocycles. The molecule has 1 aliphatic carbocycles. The maximum absolute atomic E-state index is 7.22. The van der Waals surface area contributed by atoms with Crippen molar-refractivity contribution in [2.24, 2.45) is 0 Å². The SMILES string of the molecule is CC1(C)c2cc3cc(N(c4ccccc4)c4cccc5c4oc4c(-c6ccccc6)cc6ccccc6c45)ccc3cc2-c2ccc3cc(N(c4ccccc4)c4cccc5c4oc4c(-c6ccccc6)cc6ccccc6c45)ccc3c21. The highest BCUT2D eigenvalue weighted by molar-refractivity contribution is 6.26. The molecule has 0 N–H and O–H groups in total. The van der Waals surface area contributed by atoms with Crippen LogP contribution < -0.4 is 9.80 Å². The van der Waals surface area contributed by atoms with Crippen LogP contribution in [0.15, 0.2) is 288 Å². The highest BCUT2D eigenvalue weighted by Crippen LogP contribution is 2.55. The van der Waals surface area contributed by atoms with Crippen LogP contribution in [0.1, 0.15) is 25.0 Å². The number of rotatable bonds is 8. The van der Waals surface area contributed by atoms with E-state index in [0.717, 1.165) is 100 Å². The second kappa shape index (κ2) is 18.2. The van der Waals surface area contributed by atoms with Crippen LogP contribution in [0, 0.1) is 0 Å². The minimum Gasteiger partial charge on any atom is -0.453 e. The zero-order chi connectivity index (χ0) is 54.9. The predicted molar refractivity (Wildman–Crippen MR) is 349 cm³/mol. The molecular formula is C79H52N2O2. The van der Waals surface area contributed by atoms with Crippen molar-refractivity contribution in [1.29, 1.82) is 0 Å². The summed E-state index contributed by atoms with van der Waals surface area (Å²) < 4.78 is 14.4. The molecule has 4 nitrogen and oxygen atoms in total. The first-order chi connectivity index (χ1) is 40.9. The van der Waals surface area contributed by atoms with E-state index in [1.807, 2.05) is 0 Å². The van der Waals surface area contributed by atoms with Crippen molar-refractivity contribution in [2.75, 3.05) is 9.80 Å². The topological polar surface area (TPSA) is 32.8 Å². The summed E-state index contributed by atoms with van der Waals surface area (Å²) in [6.45, 7) is 4.80. The fraction of sp³-hybridized carbons (Fsp3) is 0.0380. The summed E-state index contributed by atoms with van der Waals surface area (Å²) in [5.74, 6) is 0. The van der Waals surface area contributed by atoms with Gasteiger partial charge in [-0.15, -0.1) is 0 Å². The lowest BCUT2D eigenvalue weighted by atomic mass is 9.79. The molecule has 0 aliphatic heterocycles. The average molecular weight is 1060 g/mol. The fourth-order valence-electron chi connectivity index (χ4n) is 13.9. The van der Waals surface area contributed by atoms with Crippen LogP contribution in [-0.2, 0) is 5.41 Å². The van der Waals surface area contributed by atoms with E-state index in [0.29, 0.717) is 0 Å². The molecule has 0 fully saturated rings. The predicted octanol–water partition coefficient (Wildman–Crippen LogP) is 22.7. The Bertz CT molecular complexity index is 5290. The molecule has 0 amide bonds. The third-order valence-corrected chi connectivity index (χ3v) is 17.7. The number of hydrogen-bond acceptors (Lipinski definition) is 4. The smallest absolute Gasteiger partial charge is 0.159 e. The Kier molecular flexibility index (Phi) is 10.3. The van der Waals surface area contributed by atoms with Gasteiger partial charge in [0.2, 0.25) is 0 Å². The number of nitrogens with zero attached hydrogens (tertiary/aromatic N) is 2. The number of furan rings is 2. The van der Waals surface area contributed by atoms with Crippen LogP contribution in [-0.4, -0.2) is 0 Å². The summed E-state index contributed by atoms with van der Waals surface area (Å²) in [5.41, 5.74) is 19.1. The number of benzene rings is 14. The van der Waals surface area contributed by atoms with E-state index in [2.05, 4.69) is 303 Å². The number of hydrogen-bond donors (Lipinski definition) is 0. The molecule has 1 aliphatic rings. The second-order valence-electron chi connectivity index (χ2n) is 22.7. The molecule has 0 saturated carbocycles. The Morgan fingerprint density at radius 1 is 0.277 bits per heavy atom. The van der Waals surface area contributed by atoms with Crippen molar-refractivity contribution >= 4 is 121 Å². The standard InChI is InChI=1S/C79H52N2O2/c1-79(2)69-48-55-44-58(80(56-27-11-5-12-28-56)70-35-19-33-64-72-60-31-17-15-25-52(60)46-66(77(72)82-75(64)70)49-21-7-3-8-22-49)39-37-51(55)45-68(69)63-41-38-54-43-59(40-42-62(54)74(63)79)81(57-29-13-6-14-30-57)71-36-20-34-65-73-61-32-18-16-26-53(61)47-67(78(73)83-76(65)71)50-23-9-4-10-24-50/h3-48H,1-2H3. The van der Waals surface area contributed by atoms with E-state index in [1.54, 1.807) is 0 Å². The summed E-state index contributed by atoms with van der Waals surface area (Å²) in [7, 11) is 0. The first-order valence-corrected chi connectivity index (χ1v) is 28.6. The van der Waals surface area contributed by atoms with E-state index in [1.165, 1.54) is 65.3 Å². The molecule has 0 unspecified atom stereocenters. The van der Waals surface area contributed by atoms with Gasteiger partial charge < -0.3 is 18.6 Å². The zero-order valence-corrected chi connectivity index (χ0v) is 45.8. The van der Waals surface area contributed by atoms with Gasteiger partial charge in [0, 0.05) is 60.8 Å². The summed E-state index contributed by atoms with van der Waals surface area (Å²) >= 11 is 0. The fourth-order valence-corrected chi connectivity index (χ4v) is 13.9. The highest BCUT2D eigenvalue weighted by Gasteiger charge is 2.38. The minimum atomic E-state index is -0.299. The molecule has 0 atom stereocenters. The Labute approximate surface area is 479 Å². The van der Waals surface area contributed by atoms with Crippen LogP contribution >= 0.6 is 0 Å². The zero-order valence-electron chi connectivity index (χ0n) is 45.8. The van der Waals surface area contributed by atoms with Crippen molar-refractivity contribution < 1.29 is 8.83 Å². The summed E-state index contributed by atoms with van der Waals surface area (Å²) in [4.78, 5) is 4.73. The van der Waals surface area contributed by atoms with Crippen molar-refractivity contribution in [2.45, 2.75) is 19.3 Å². The van der Waals surface area contributed by atoms with Gasteiger partial charge in [-0.25, -0.2) is 0 Å². The number of anilines is 6. The normalized spacial score (nSPS) is 12.8. The second-order valence-corrected chi connectivity index (χ2v) is 22.7. The van der Waals surface area contributed by atoms with Crippen LogP contribution in [0.3, 0.4) is 0 Å². The number of para-hydroxylation sites is 4. The Morgan fingerprint density at radius 3 is 1.25 bits per heavy atom. The lowest BCUT2D eigenvalue weighted by Gasteiger charge is -2.27. The van der Waals surface area contributed by atoms with E-state index < -0.39 is 0 Å². The van der Waals surface area contributed by atoms with Gasteiger partial charge in [0.1, 0.15) is 11.2 Å². The van der Waals surface area contributed by atoms with Crippen LogP contribution in [0.25, 0.3) is 120 Å². The van der Waals surface area contributed by atoms with Gasteiger partial charge in [0.15, 0.2) is 11.2 Å². The summed E-state index contributed by atoms with van der Waals surface area (Å²) in [6, 6.07) is 101. The van der Waals surface area contributed by atoms with E-state index in [4.69, 9.17) is 8.83 Å². The molecule has 390 valence electrons. The largest absolute Gasteiger partial charge is 0.453 e. The van der Waals surface area contributed by atoms with Gasteiger partial charge in [-0.3, -0.25) is 0 Å². The van der Waals surface area contributed by atoms with E-state index in [-0.39, 0.29) is 5.41 Å². The molecule has 17 rings (SSSR count). The Morgan fingerprint density at radius 2 is 0.711 bits per heavy atom. The molecule has 0 saturated heterocycles. The lowest BCUT2D eigenvalue weighted by Crippen LogP contribution is -2.16. The van der Waals surface area contributed by atoms with Gasteiger partial charge in [0.25, 0.3) is 0 Å². The maximum atomic E-state index is 7.22. The average Bonchev–Trinajstić information content (AvgIpc) is 3.04. The van der Waals surface area contributed by atoms with Crippen LogP contribution in [0.2, 0.25) is 0 Å². The minimum absolute atomic E-state index is 0.299. The van der Waals surface area contributed by atoms with Crippen LogP contribution in [0.4, 0.5) is 34.1 Å². The molecule has 0 spiro atoms. The molecule has 0 bridgehead atoms. The first kappa shape index (κ1) is 47.2. The molecule has 4 heteroatoms. The highest BCUT2D eigenvalue weighted by atomic mass is 16.3. The van der Waals surface area contributed by atoms with Crippen molar-refractivity contribution in [3.63, 3.8) is 0 Å². The molecule has 14 aromatic carbocycles. The van der Waals surface area contributed by atoms with E-state index >= 15 is 0 Å². The lowest BCUT2D eigenvalue weighted by molar-refractivity contribution is 0.667. The van der Waals surface area contributed by atoms with Crippen molar-refractivity contribution in [3.8, 4) is 33.4 Å². The molecule has 0 radical (unpaired) electrons. The summed E-state index contributed by atoms with van der Waals surface area (Å²) in [5, 5.41) is 14.0. The molecule has 2 heterocycles. The Balaban J connectivity index is 0.790. The van der Waals surface area contributed by atoms with Crippen molar-refractivity contribution in [3.05, 3.63) is 290 Å². The summed E-state index contributed by atoms with van der Waals surface area (Å²) in [6.07, 6.45) is 0. The molecular weight excluding hydrogens is 1010 g/mol. The third-order valence-electron chi connectivity index (χ3n) is 17.7. The first-order valence-electron chi connectivity index (χ1n) is 28.6. The molecule has 16 aromatic rings. The third kappa shape index (κ3) is 7.19.